The quantitative estimate of drug-likeness (QED) is 0.517. The molecule has 0 aromatic heterocycles. The summed E-state index contributed by atoms with van der Waals surface area (Å²) in [5.74, 6) is 0. The molecule has 7 heteroatoms. The van der Waals surface area contributed by atoms with Crippen LogP contribution in [0.3, 0.4) is 0 Å². The van der Waals surface area contributed by atoms with Crippen LogP contribution in [-0.2, 0) is 25.9 Å². The van der Waals surface area contributed by atoms with Gasteiger partial charge in [0.15, 0.2) is 0 Å². The first-order valence-electron chi connectivity index (χ1n) is 1.22. The Hall–Kier alpha value is 0.727. The Kier molecular flexibility index (Phi) is 3.20. The van der Waals surface area contributed by atoms with E-state index < -0.39 is 33.1 Å². The van der Waals surface area contributed by atoms with Crippen molar-refractivity contribution in [2.24, 2.45) is 0 Å². The van der Waals surface area contributed by atoms with Gasteiger partial charge in [-0.1, -0.05) is 0 Å². The molecule has 0 saturated carbocycles. The maximum atomic E-state index is 9.55. The van der Waals surface area contributed by atoms with Crippen LogP contribution in [0.1, 0.15) is 0 Å². The standard InChI is InChI=1S/AsH3NO.Mo.3O/c2-1-3;;;;/h1H,2H2;;;;/q-1;+1;;;-1/p+1. The first kappa shape index (κ1) is 7.73. The zero-order valence-electron chi connectivity index (χ0n) is 3.25. The van der Waals surface area contributed by atoms with E-state index in [1.807, 2.05) is 0 Å². The van der Waals surface area contributed by atoms with E-state index in [1.165, 1.54) is 0 Å². The fourth-order valence-corrected chi connectivity index (χ4v) is 2.22. The molecule has 0 amide bonds. The third-order valence-electron chi connectivity index (χ3n) is 0.161. The van der Waals surface area contributed by atoms with Crippen LogP contribution in [0.25, 0.3) is 0 Å². The van der Waals surface area contributed by atoms with Crippen molar-refractivity contribution in [1.29, 1.82) is 0 Å². The Bertz CT molecular complexity index is 125. The fourth-order valence-electron chi connectivity index (χ4n) is 0.0722. The van der Waals surface area contributed by atoms with Crippen LogP contribution in [0.4, 0.5) is 0 Å². The Morgan fingerprint density at radius 2 is 2.14 bits per heavy atom. The molecule has 0 aliphatic carbocycles. The van der Waals surface area contributed by atoms with Crippen LogP contribution in [0.2, 0.25) is 0 Å². The van der Waals surface area contributed by atoms with Crippen molar-refractivity contribution in [2.45, 2.75) is 0 Å². The van der Waals surface area contributed by atoms with Crippen molar-refractivity contribution in [1.82, 2.24) is 0 Å². The second kappa shape index (κ2) is 2.90. The summed E-state index contributed by atoms with van der Waals surface area (Å²) in [5.41, 5.74) is 0. The monoisotopic (exact) mass is 255 g/mol. The minimum atomic E-state index is -5.36. The van der Waals surface area contributed by atoms with Gasteiger partial charge in [0.1, 0.15) is 0 Å². The first-order chi connectivity index (χ1) is 3.06. The molecule has 0 aliphatic rings. The van der Waals surface area contributed by atoms with Gasteiger partial charge in [-0.3, -0.25) is 0 Å². The molecular weight excluding hydrogens is 249 g/mol. The van der Waals surface area contributed by atoms with E-state index in [0.717, 1.165) is 0 Å². The molecule has 44 valence electrons. The second-order valence-corrected chi connectivity index (χ2v) is 5.73. The van der Waals surface area contributed by atoms with Gasteiger partial charge in [0.2, 0.25) is 0 Å². The van der Waals surface area contributed by atoms with E-state index in [1.54, 1.807) is 0 Å². The SMILES string of the molecule is [NH3+][AsH][O][Mo](=[O])(=[O])[O-]. The molecule has 7 heavy (non-hydrogen) atoms. The van der Waals surface area contributed by atoms with Gasteiger partial charge in [-0.15, -0.1) is 0 Å². The molecule has 0 spiro atoms. The summed E-state index contributed by atoms with van der Waals surface area (Å²) < 4.78 is 35.5. The third kappa shape index (κ3) is 6.73. The molecule has 0 aliphatic heterocycles. The van der Waals surface area contributed by atoms with Crippen LogP contribution < -0.4 is 8.41 Å². The molecule has 5 nitrogen and oxygen atoms in total. The summed E-state index contributed by atoms with van der Waals surface area (Å²) in [4.78, 5) is 0. The van der Waals surface area contributed by atoms with Crippen LogP contribution in [0, 0.1) is 0 Å². The van der Waals surface area contributed by atoms with E-state index in [4.69, 9.17) is 0 Å². The zero-order chi connectivity index (χ0) is 5.91. The second-order valence-electron chi connectivity index (χ2n) is 0.636. The van der Waals surface area contributed by atoms with E-state index in [-0.39, 0.29) is 0 Å². The van der Waals surface area contributed by atoms with Crippen molar-refractivity contribution in [3.05, 3.63) is 0 Å². The maximum absolute atomic E-state index is 9.55. The zero-order valence-corrected chi connectivity index (χ0v) is 7.35. The van der Waals surface area contributed by atoms with Gasteiger partial charge < -0.3 is 0 Å². The van der Waals surface area contributed by atoms with Gasteiger partial charge in [-0.05, 0) is 0 Å². The number of hydrogen-bond acceptors (Lipinski definition) is 4. The number of hydrogen-bond donors (Lipinski definition) is 1. The van der Waals surface area contributed by atoms with Crippen LogP contribution in [-0.4, -0.2) is 16.3 Å². The van der Waals surface area contributed by atoms with Crippen LogP contribution in [0.15, 0.2) is 0 Å². The van der Waals surface area contributed by atoms with Crippen LogP contribution >= 0.6 is 0 Å². The molecule has 0 heterocycles. The molecule has 0 bridgehead atoms. The van der Waals surface area contributed by atoms with Crippen molar-refractivity contribution in [2.75, 3.05) is 0 Å². The average molecular weight is 253 g/mol. The molecule has 1 atom stereocenters. The van der Waals surface area contributed by atoms with Crippen molar-refractivity contribution in [3.8, 4) is 0 Å². The fraction of sp³-hybridized carbons (Fsp3) is 0. The van der Waals surface area contributed by atoms with Crippen molar-refractivity contribution >= 4 is 16.3 Å². The molecular formula is H4AsMoNO4. The Labute approximate surface area is 50.8 Å². The third-order valence-corrected chi connectivity index (χ3v) is 4.95. The molecule has 3 N–H and O–H groups in total. The first-order valence-corrected chi connectivity index (χ1v) is 6.84. The number of quaternary nitrogens is 1. The summed E-state index contributed by atoms with van der Waals surface area (Å²) in [6.07, 6.45) is 0. The molecule has 0 aromatic carbocycles. The molecule has 0 fully saturated rings. The molecule has 0 radical (unpaired) electrons. The van der Waals surface area contributed by atoms with Crippen LogP contribution in [0.5, 0.6) is 0 Å². The normalized spacial score (nSPS) is 13.4. The van der Waals surface area contributed by atoms with Gasteiger partial charge in [0.05, 0.1) is 0 Å². The topological polar surface area (TPSA) is 94.1 Å². The van der Waals surface area contributed by atoms with Gasteiger partial charge in [0.25, 0.3) is 0 Å². The Balaban J connectivity index is 3.60. The van der Waals surface area contributed by atoms with E-state index in [0.29, 0.717) is 0 Å². The van der Waals surface area contributed by atoms with E-state index in [2.05, 4.69) is 7.03 Å². The van der Waals surface area contributed by atoms with Crippen molar-refractivity contribution in [3.63, 3.8) is 0 Å². The predicted octanol–water partition coefficient (Wildman–Crippen LogP) is -3.45. The van der Waals surface area contributed by atoms with Crippen molar-refractivity contribution < 1.29 is 34.3 Å². The Morgan fingerprint density at radius 1 is 1.71 bits per heavy atom. The van der Waals surface area contributed by atoms with E-state index >= 15 is 0 Å². The molecule has 1 unspecified atom stereocenters. The van der Waals surface area contributed by atoms with Gasteiger partial charge in [-0.25, -0.2) is 0 Å². The Morgan fingerprint density at radius 3 is 2.14 bits per heavy atom. The summed E-state index contributed by atoms with van der Waals surface area (Å²) in [5, 5.41) is 0. The molecule has 0 rings (SSSR count). The summed E-state index contributed by atoms with van der Waals surface area (Å²) in [6, 6.07) is 0. The minimum absolute atomic E-state index is 1.19. The predicted molar refractivity (Wildman–Crippen MR) is 12.5 cm³/mol. The van der Waals surface area contributed by atoms with Gasteiger partial charge in [0, 0.05) is 0 Å². The molecule has 0 aromatic rings. The summed E-state index contributed by atoms with van der Waals surface area (Å²) in [6.45, 7) is 0. The van der Waals surface area contributed by atoms with Gasteiger partial charge in [-0.2, -0.15) is 0 Å². The summed E-state index contributed by atoms with van der Waals surface area (Å²) >= 11 is -6.55. The van der Waals surface area contributed by atoms with E-state index in [9.17, 15) is 10.6 Å². The van der Waals surface area contributed by atoms with Gasteiger partial charge >= 0.3 is 50.7 Å². The molecule has 0 saturated heterocycles. The summed E-state index contributed by atoms with van der Waals surface area (Å²) in [7, 11) is 0. The average Bonchev–Trinajstić information content (AvgIpc) is 1.30. The number of rotatable bonds is 2.